The van der Waals surface area contributed by atoms with E-state index in [1.807, 2.05) is 18.2 Å². The molecule has 2 heterocycles. The van der Waals surface area contributed by atoms with Crippen LogP contribution in [0.4, 0.5) is 0 Å². The van der Waals surface area contributed by atoms with Crippen LogP contribution in [0.2, 0.25) is 0 Å². The monoisotopic (exact) mass is 450 g/mol. The van der Waals surface area contributed by atoms with Crippen molar-refractivity contribution < 1.29 is 26.4 Å². The summed E-state index contributed by atoms with van der Waals surface area (Å²) in [6.07, 6.45) is 4.38. The van der Waals surface area contributed by atoms with Gasteiger partial charge >= 0.3 is 0 Å². The first-order chi connectivity index (χ1) is 15.0. The Balaban J connectivity index is 0.00000289. The van der Waals surface area contributed by atoms with Crippen molar-refractivity contribution in [1.29, 1.82) is 0 Å². The average molecular weight is 451 g/mol. The van der Waals surface area contributed by atoms with Crippen LogP contribution in [-0.4, -0.2) is 18.6 Å². The molecule has 0 amide bonds. The SMILES string of the molecule is COc1cccc(OC)c1-c1cccc2c[n+](-c3c(C(C)C)cccc3C(C)C)cn12.[Cl-]. The molecule has 0 radical (unpaired) electrons. The summed E-state index contributed by atoms with van der Waals surface area (Å²) in [4.78, 5) is 0. The zero-order valence-electron chi connectivity index (χ0n) is 19.6. The van der Waals surface area contributed by atoms with E-state index in [0.717, 1.165) is 28.3 Å². The van der Waals surface area contributed by atoms with Crippen LogP contribution < -0.4 is 26.4 Å². The van der Waals surface area contributed by atoms with Gasteiger partial charge in [0.05, 0.1) is 14.2 Å². The summed E-state index contributed by atoms with van der Waals surface area (Å²) in [5.41, 5.74) is 7.06. The van der Waals surface area contributed by atoms with E-state index < -0.39 is 0 Å². The molecule has 0 spiro atoms. The fourth-order valence-corrected chi connectivity index (χ4v) is 4.31. The number of nitrogens with zero attached hydrogens (tertiary/aromatic N) is 2. The Hall–Kier alpha value is -2.98. The molecule has 0 bridgehead atoms. The molecular formula is C27H31ClN2O2. The Bertz CT molecular complexity index is 1180. The van der Waals surface area contributed by atoms with E-state index in [1.165, 1.54) is 16.8 Å². The first kappa shape index (κ1) is 23.7. The molecule has 0 aliphatic heterocycles. The van der Waals surface area contributed by atoms with Gasteiger partial charge in [0.15, 0.2) is 5.52 Å². The number of pyridine rings is 1. The first-order valence-corrected chi connectivity index (χ1v) is 10.8. The molecule has 32 heavy (non-hydrogen) atoms. The van der Waals surface area contributed by atoms with Crippen LogP contribution in [-0.2, 0) is 0 Å². The lowest BCUT2D eigenvalue weighted by Crippen LogP contribution is -3.00. The van der Waals surface area contributed by atoms with Crippen LogP contribution >= 0.6 is 0 Å². The highest BCUT2D eigenvalue weighted by atomic mass is 35.5. The third-order valence-electron chi connectivity index (χ3n) is 5.85. The number of para-hydroxylation sites is 1. The predicted molar refractivity (Wildman–Crippen MR) is 126 cm³/mol. The molecule has 0 N–H and O–H groups in total. The van der Waals surface area contributed by atoms with E-state index in [9.17, 15) is 0 Å². The molecule has 0 fully saturated rings. The molecule has 4 nitrogen and oxygen atoms in total. The van der Waals surface area contributed by atoms with Gasteiger partial charge in [0, 0.05) is 11.1 Å². The molecule has 4 aromatic rings. The minimum absolute atomic E-state index is 0. The molecule has 168 valence electrons. The third-order valence-corrected chi connectivity index (χ3v) is 5.85. The first-order valence-electron chi connectivity index (χ1n) is 10.8. The molecule has 2 aromatic carbocycles. The highest BCUT2D eigenvalue weighted by molar-refractivity contribution is 5.76. The Labute approximate surface area is 196 Å². The Morgan fingerprint density at radius 3 is 1.81 bits per heavy atom. The number of rotatable bonds is 6. The number of ether oxygens (including phenoxy) is 2. The van der Waals surface area contributed by atoms with E-state index in [1.54, 1.807) is 14.2 Å². The summed E-state index contributed by atoms with van der Waals surface area (Å²) in [5, 5.41) is 0. The van der Waals surface area contributed by atoms with E-state index in [2.05, 4.69) is 85.6 Å². The second kappa shape index (κ2) is 9.66. The van der Waals surface area contributed by atoms with E-state index >= 15 is 0 Å². The van der Waals surface area contributed by atoms with Crippen LogP contribution in [0.25, 0.3) is 22.5 Å². The zero-order valence-corrected chi connectivity index (χ0v) is 20.4. The number of hydrogen-bond donors (Lipinski definition) is 0. The van der Waals surface area contributed by atoms with Crippen LogP contribution in [0.3, 0.4) is 0 Å². The molecule has 0 saturated heterocycles. The number of fused-ring (bicyclic) bond motifs is 1. The van der Waals surface area contributed by atoms with Gasteiger partial charge in [-0.25, -0.2) is 4.57 Å². The van der Waals surface area contributed by atoms with Gasteiger partial charge in [-0.1, -0.05) is 58.0 Å². The summed E-state index contributed by atoms with van der Waals surface area (Å²) in [6, 6.07) is 18.9. The zero-order chi connectivity index (χ0) is 22.1. The normalized spacial score (nSPS) is 11.1. The molecule has 0 unspecified atom stereocenters. The van der Waals surface area contributed by atoms with Crippen LogP contribution in [0.5, 0.6) is 11.5 Å². The lowest BCUT2D eigenvalue weighted by Gasteiger charge is -2.16. The van der Waals surface area contributed by atoms with Gasteiger partial charge in [-0.2, -0.15) is 4.40 Å². The molecule has 0 saturated carbocycles. The average Bonchev–Trinajstić information content (AvgIpc) is 3.22. The largest absolute Gasteiger partial charge is 1.00 e. The topological polar surface area (TPSA) is 26.8 Å². The number of benzene rings is 2. The van der Waals surface area contributed by atoms with Crippen LogP contribution in [0.1, 0.15) is 50.7 Å². The summed E-state index contributed by atoms with van der Waals surface area (Å²) in [7, 11) is 3.39. The summed E-state index contributed by atoms with van der Waals surface area (Å²) in [6.45, 7) is 9.02. The summed E-state index contributed by atoms with van der Waals surface area (Å²) >= 11 is 0. The van der Waals surface area contributed by atoms with Crippen molar-refractivity contribution in [3.05, 3.63) is 78.2 Å². The Morgan fingerprint density at radius 1 is 0.750 bits per heavy atom. The maximum Gasteiger partial charge on any atom is 0.254 e. The lowest BCUT2D eigenvalue weighted by molar-refractivity contribution is -0.595. The number of imidazole rings is 1. The summed E-state index contributed by atoms with van der Waals surface area (Å²) < 4.78 is 15.8. The standard InChI is InChI=1S/C27H31N2O2.ClH/c1-18(2)21-11-8-12-22(19(3)4)27(21)28-16-20-10-7-13-23(29(20)17-28)26-24(30-5)14-9-15-25(26)31-6;/h7-19H,1-6H3;1H/q+1;/p-1. The number of aromatic nitrogens is 2. The van der Waals surface area contributed by atoms with Crippen LogP contribution in [0.15, 0.2) is 67.1 Å². The Kier molecular flexibility index (Phi) is 7.15. The molecule has 5 heteroatoms. The molecule has 2 aromatic heterocycles. The Morgan fingerprint density at radius 2 is 1.28 bits per heavy atom. The molecule has 0 aliphatic rings. The minimum Gasteiger partial charge on any atom is -1.00 e. The highest BCUT2D eigenvalue weighted by Crippen LogP contribution is 2.38. The number of halogens is 1. The fourth-order valence-electron chi connectivity index (χ4n) is 4.31. The van der Waals surface area contributed by atoms with Gasteiger partial charge in [-0.15, -0.1) is 0 Å². The maximum atomic E-state index is 5.68. The van der Waals surface area contributed by atoms with E-state index in [4.69, 9.17) is 9.47 Å². The predicted octanol–water partition coefficient (Wildman–Crippen LogP) is 3.15. The van der Waals surface area contributed by atoms with Gasteiger partial charge in [0.1, 0.15) is 34.6 Å². The highest BCUT2D eigenvalue weighted by Gasteiger charge is 2.24. The van der Waals surface area contributed by atoms with Crippen molar-refractivity contribution in [2.75, 3.05) is 14.2 Å². The van der Waals surface area contributed by atoms with Gasteiger partial charge in [0.2, 0.25) is 0 Å². The third kappa shape index (κ3) is 4.07. The molecule has 0 atom stereocenters. The van der Waals surface area contributed by atoms with Gasteiger partial charge < -0.3 is 21.9 Å². The van der Waals surface area contributed by atoms with Crippen molar-refractivity contribution in [1.82, 2.24) is 4.40 Å². The molecule has 4 rings (SSSR count). The van der Waals surface area contributed by atoms with E-state index in [-0.39, 0.29) is 12.4 Å². The second-order valence-electron chi connectivity index (χ2n) is 8.49. The van der Waals surface area contributed by atoms with E-state index in [0.29, 0.717) is 11.8 Å². The lowest BCUT2D eigenvalue weighted by atomic mass is 9.92. The maximum absolute atomic E-state index is 5.68. The number of methoxy groups -OCH3 is 2. The van der Waals surface area contributed by atoms with Gasteiger partial charge in [-0.3, -0.25) is 0 Å². The van der Waals surface area contributed by atoms with Gasteiger partial charge in [-0.05, 0) is 36.1 Å². The van der Waals surface area contributed by atoms with Crippen molar-refractivity contribution >= 4 is 5.52 Å². The minimum atomic E-state index is 0. The van der Waals surface area contributed by atoms with Gasteiger partial charge in [0.25, 0.3) is 6.33 Å². The van der Waals surface area contributed by atoms with Crippen molar-refractivity contribution in [3.63, 3.8) is 0 Å². The fraction of sp³-hybridized carbons (Fsp3) is 0.296. The smallest absolute Gasteiger partial charge is 0.254 e. The second-order valence-corrected chi connectivity index (χ2v) is 8.49. The summed E-state index contributed by atoms with van der Waals surface area (Å²) in [5.74, 6) is 2.44. The van der Waals surface area contributed by atoms with Crippen molar-refractivity contribution in [2.45, 2.75) is 39.5 Å². The molecular weight excluding hydrogens is 420 g/mol. The quantitative estimate of drug-likeness (QED) is 0.422. The van der Waals surface area contributed by atoms with Crippen LogP contribution in [0, 0.1) is 0 Å². The van der Waals surface area contributed by atoms with Crippen molar-refractivity contribution in [2.24, 2.45) is 0 Å². The van der Waals surface area contributed by atoms with Crippen molar-refractivity contribution in [3.8, 4) is 28.4 Å². The molecule has 0 aliphatic carbocycles. The number of hydrogen-bond acceptors (Lipinski definition) is 2.